The molecule has 0 unspecified atom stereocenters. The van der Waals surface area contributed by atoms with Crippen LogP contribution in [0.3, 0.4) is 0 Å². The number of nitrogens with zero attached hydrogens (tertiary/aromatic N) is 1. The van der Waals surface area contributed by atoms with Gasteiger partial charge in [0.25, 0.3) is 0 Å². The average Bonchev–Trinajstić information content (AvgIpc) is 2.14. The number of aliphatic hydroxyl groups is 1. The summed E-state index contributed by atoms with van der Waals surface area (Å²) in [5, 5.41) is 8.82. The predicted octanol–water partition coefficient (Wildman–Crippen LogP) is 1.12. The molecule has 0 spiro atoms. The molecule has 3 heteroatoms. The van der Waals surface area contributed by atoms with E-state index in [9.17, 15) is 0 Å². The molecule has 13 heavy (non-hydrogen) atoms. The zero-order chi connectivity index (χ0) is 9.94. The van der Waals surface area contributed by atoms with Crippen LogP contribution in [-0.4, -0.2) is 50.0 Å². The highest BCUT2D eigenvalue weighted by Gasteiger charge is 2.02. The van der Waals surface area contributed by atoms with E-state index in [1.807, 2.05) is 0 Å². The van der Waals surface area contributed by atoms with Crippen molar-refractivity contribution in [2.24, 2.45) is 0 Å². The van der Waals surface area contributed by atoms with Crippen molar-refractivity contribution < 1.29 is 9.84 Å². The van der Waals surface area contributed by atoms with Gasteiger partial charge in [0.2, 0.25) is 0 Å². The molecule has 0 aliphatic rings. The molecule has 0 saturated carbocycles. The lowest BCUT2D eigenvalue weighted by atomic mass is 10.3. The first-order chi connectivity index (χ1) is 6.35. The topological polar surface area (TPSA) is 32.7 Å². The van der Waals surface area contributed by atoms with Crippen LogP contribution in [0.25, 0.3) is 0 Å². The van der Waals surface area contributed by atoms with Crippen LogP contribution < -0.4 is 0 Å². The molecule has 0 amide bonds. The zero-order valence-electron chi connectivity index (χ0n) is 8.96. The van der Waals surface area contributed by atoms with E-state index in [1.165, 1.54) is 12.8 Å². The minimum atomic E-state index is 0.261. The zero-order valence-corrected chi connectivity index (χ0v) is 8.96. The summed E-state index contributed by atoms with van der Waals surface area (Å²) in [7, 11) is 1.72. The van der Waals surface area contributed by atoms with Crippen molar-refractivity contribution in [3.8, 4) is 0 Å². The summed E-state index contributed by atoms with van der Waals surface area (Å²) in [6.45, 7) is 6.19. The first kappa shape index (κ1) is 12.9. The van der Waals surface area contributed by atoms with Gasteiger partial charge in [-0.1, -0.05) is 13.3 Å². The van der Waals surface area contributed by atoms with Gasteiger partial charge in [-0.3, -0.25) is 0 Å². The molecule has 0 rings (SSSR count). The summed E-state index contributed by atoms with van der Waals surface area (Å²) in [5.74, 6) is 0. The van der Waals surface area contributed by atoms with Crippen molar-refractivity contribution in [2.45, 2.75) is 26.2 Å². The summed E-state index contributed by atoms with van der Waals surface area (Å²) >= 11 is 0. The fourth-order valence-electron chi connectivity index (χ4n) is 1.29. The van der Waals surface area contributed by atoms with Crippen LogP contribution >= 0.6 is 0 Å². The smallest absolute Gasteiger partial charge is 0.0558 e. The molecule has 3 nitrogen and oxygen atoms in total. The van der Waals surface area contributed by atoms with Crippen molar-refractivity contribution in [2.75, 3.05) is 40.0 Å². The summed E-state index contributed by atoms with van der Waals surface area (Å²) in [6.07, 6.45) is 3.49. The van der Waals surface area contributed by atoms with Gasteiger partial charge in [-0.05, 0) is 19.4 Å². The summed E-state index contributed by atoms with van der Waals surface area (Å²) in [5.41, 5.74) is 0. The minimum absolute atomic E-state index is 0.261. The second-order valence-corrected chi connectivity index (χ2v) is 3.27. The lowest BCUT2D eigenvalue weighted by Gasteiger charge is -2.20. The molecule has 0 fully saturated rings. The molecular formula is C10H23NO2. The molecule has 1 N–H and O–H groups in total. The monoisotopic (exact) mass is 189 g/mol. The van der Waals surface area contributed by atoms with Crippen LogP contribution in [0.2, 0.25) is 0 Å². The summed E-state index contributed by atoms with van der Waals surface area (Å²) < 4.78 is 4.99. The van der Waals surface area contributed by atoms with Crippen molar-refractivity contribution in [1.82, 2.24) is 4.90 Å². The van der Waals surface area contributed by atoms with Crippen LogP contribution in [0, 0.1) is 0 Å². The Hall–Kier alpha value is -0.120. The fraction of sp³-hybridized carbons (Fsp3) is 1.00. The molecule has 80 valence electrons. The predicted molar refractivity (Wildman–Crippen MR) is 54.9 cm³/mol. The van der Waals surface area contributed by atoms with E-state index >= 15 is 0 Å². The normalized spacial score (nSPS) is 11.1. The van der Waals surface area contributed by atoms with Gasteiger partial charge >= 0.3 is 0 Å². The highest BCUT2D eigenvalue weighted by molar-refractivity contribution is 4.56. The van der Waals surface area contributed by atoms with Crippen molar-refractivity contribution >= 4 is 0 Å². The van der Waals surface area contributed by atoms with Gasteiger partial charge < -0.3 is 14.7 Å². The molecule has 0 saturated heterocycles. The van der Waals surface area contributed by atoms with E-state index < -0.39 is 0 Å². The first-order valence-electron chi connectivity index (χ1n) is 5.17. The quantitative estimate of drug-likeness (QED) is 0.552. The Labute approximate surface area is 81.7 Å². The Balaban J connectivity index is 3.41. The third-order valence-corrected chi connectivity index (χ3v) is 2.07. The Morgan fingerprint density at radius 1 is 1.15 bits per heavy atom. The standard InChI is InChI=1S/C10H23NO2/c1-3-4-6-11(8-9-12)7-5-10-13-2/h12H,3-10H2,1-2H3. The Kier molecular flexibility index (Phi) is 9.87. The van der Waals surface area contributed by atoms with Crippen molar-refractivity contribution in [1.29, 1.82) is 0 Å². The summed E-state index contributed by atoms with van der Waals surface area (Å²) in [4.78, 5) is 2.29. The van der Waals surface area contributed by atoms with Crippen LogP contribution in [-0.2, 0) is 4.74 Å². The van der Waals surface area contributed by atoms with E-state index in [0.29, 0.717) is 0 Å². The van der Waals surface area contributed by atoms with Gasteiger partial charge in [-0.2, -0.15) is 0 Å². The van der Waals surface area contributed by atoms with Gasteiger partial charge in [-0.15, -0.1) is 0 Å². The lowest BCUT2D eigenvalue weighted by molar-refractivity contribution is 0.155. The maximum absolute atomic E-state index is 8.82. The first-order valence-corrected chi connectivity index (χ1v) is 5.17. The van der Waals surface area contributed by atoms with Gasteiger partial charge in [0.05, 0.1) is 6.61 Å². The number of rotatable bonds is 9. The van der Waals surface area contributed by atoms with Gasteiger partial charge in [0.15, 0.2) is 0 Å². The maximum Gasteiger partial charge on any atom is 0.0558 e. The molecule has 0 radical (unpaired) electrons. The minimum Gasteiger partial charge on any atom is -0.395 e. The number of aliphatic hydroxyl groups excluding tert-OH is 1. The molecule has 0 aromatic rings. The van der Waals surface area contributed by atoms with Gasteiger partial charge in [0.1, 0.15) is 0 Å². The van der Waals surface area contributed by atoms with Gasteiger partial charge in [0, 0.05) is 26.8 Å². The van der Waals surface area contributed by atoms with Crippen LogP contribution in [0.5, 0.6) is 0 Å². The number of ether oxygens (including phenoxy) is 1. The third-order valence-electron chi connectivity index (χ3n) is 2.07. The highest BCUT2D eigenvalue weighted by Crippen LogP contribution is 1.96. The molecule has 0 heterocycles. The van der Waals surface area contributed by atoms with E-state index in [0.717, 1.165) is 32.7 Å². The van der Waals surface area contributed by atoms with E-state index in [1.54, 1.807) is 7.11 Å². The number of hydrogen-bond acceptors (Lipinski definition) is 3. The highest BCUT2D eigenvalue weighted by atomic mass is 16.5. The van der Waals surface area contributed by atoms with Crippen molar-refractivity contribution in [3.05, 3.63) is 0 Å². The maximum atomic E-state index is 8.82. The molecule has 0 bridgehead atoms. The Morgan fingerprint density at radius 2 is 1.85 bits per heavy atom. The van der Waals surface area contributed by atoms with Crippen LogP contribution in [0.15, 0.2) is 0 Å². The average molecular weight is 189 g/mol. The SMILES string of the molecule is CCCCN(CCO)CCCOC. The van der Waals surface area contributed by atoms with E-state index in [2.05, 4.69) is 11.8 Å². The van der Waals surface area contributed by atoms with Crippen LogP contribution in [0.1, 0.15) is 26.2 Å². The van der Waals surface area contributed by atoms with Crippen LogP contribution in [0.4, 0.5) is 0 Å². The lowest BCUT2D eigenvalue weighted by Crippen LogP contribution is -2.29. The molecule has 0 aliphatic heterocycles. The van der Waals surface area contributed by atoms with Crippen molar-refractivity contribution in [3.63, 3.8) is 0 Å². The molecular weight excluding hydrogens is 166 g/mol. The molecule has 0 atom stereocenters. The summed E-state index contributed by atoms with van der Waals surface area (Å²) in [6, 6.07) is 0. The van der Waals surface area contributed by atoms with Gasteiger partial charge in [-0.25, -0.2) is 0 Å². The molecule has 0 aromatic heterocycles. The largest absolute Gasteiger partial charge is 0.395 e. The number of hydrogen-bond donors (Lipinski definition) is 1. The second kappa shape index (κ2) is 9.96. The number of unbranched alkanes of at least 4 members (excludes halogenated alkanes) is 1. The van der Waals surface area contributed by atoms with E-state index in [-0.39, 0.29) is 6.61 Å². The number of methoxy groups -OCH3 is 1. The molecule has 0 aromatic carbocycles. The molecule has 0 aliphatic carbocycles. The van der Waals surface area contributed by atoms with E-state index in [4.69, 9.17) is 9.84 Å². The Bertz CT molecular complexity index is 98.9. The third kappa shape index (κ3) is 8.22. The second-order valence-electron chi connectivity index (χ2n) is 3.27. The fourth-order valence-corrected chi connectivity index (χ4v) is 1.29. The Morgan fingerprint density at radius 3 is 2.38 bits per heavy atom.